The van der Waals surface area contributed by atoms with Gasteiger partial charge in [0.2, 0.25) is 0 Å². The number of carbonyl (C=O) groups is 1. The van der Waals surface area contributed by atoms with Gasteiger partial charge in [-0.25, -0.2) is 4.79 Å². The van der Waals surface area contributed by atoms with Crippen molar-refractivity contribution in [1.82, 2.24) is 0 Å². The molecular formula is C22H34O4. The Morgan fingerprint density at radius 1 is 1.04 bits per heavy atom. The Balaban J connectivity index is 2.22. The van der Waals surface area contributed by atoms with Gasteiger partial charge in [0, 0.05) is 5.57 Å². The van der Waals surface area contributed by atoms with E-state index in [1.165, 1.54) is 38.5 Å². The number of carboxylic acid groups (broad SMARTS) is 1. The fraction of sp³-hybridized carbons (Fsp3) is 0.591. The topological polar surface area (TPSA) is 66.8 Å². The van der Waals surface area contributed by atoms with Gasteiger partial charge in [0.15, 0.2) is 0 Å². The third kappa shape index (κ3) is 10.9. The monoisotopic (exact) mass is 362 g/mol. The Bertz CT molecular complexity index is 510. The zero-order valence-electron chi connectivity index (χ0n) is 16.0. The van der Waals surface area contributed by atoms with E-state index in [2.05, 4.69) is 6.92 Å². The second-order valence-electron chi connectivity index (χ2n) is 6.77. The zero-order valence-corrected chi connectivity index (χ0v) is 16.0. The van der Waals surface area contributed by atoms with Gasteiger partial charge in [-0.3, -0.25) is 0 Å². The summed E-state index contributed by atoms with van der Waals surface area (Å²) in [6.07, 6.45) is 11.3. The molecule has 0 heterocycles. The molecule has 4 nitrogen and oxygen atoms in total. The minimum absolute atomic E-state index is 0.158. The molecule has 1 unspecified atom stereocenters. The average molecular weight is 363 g/mol. The standard InChI is InChI=1S/C22H34O4/c1-2-3-4-5-6-7-8-10-13-19(22(24)25)16-17-20(23)18-26-21-14-11-9-12-15-21/h9,11-12,14-16,20,23H,2-8,10,13,17-18H2,1H3,(H,24,25). The van der Waals surface area contributed by atoms with Crippen molar-refractivity contribution in [2.24, 2.45) is 0 Å². The van der Waals surface area contributed by atoms with Gasteiger partial charge in [0.1, 0.15) is 12.4 Å². The van der Waals surface area contributed by atoms with Gasteiger partial charge in [-0.2, -0.15) is 0 Å². The van der Waals surface area contributed by atoms with Crippen molar-refractivity contribution < 1.29 is 19.7 Å². The normalized spacial score (nSPS) is 12.8. The van der Waals surface area contributed by atoms with Crippen LogP contribution in [0, 0.1) is 0 Å². The second-order valence-corrected chi connectivity index (χ2v) is 6.77. The third-order valence-corrected chi connectivity index (χ3v) is 4.40. The molecule has 1 atom stereocenters. The van der Waals surface area contributed by atoms with E-state index in [1.807, 2.05) is 30.3 Å². The summed E-state index contributed by atoms with van der Waals surface area (Å²) in [7, 11) is 0. The quantitative estimate of drug-likeness (QED) is 0.326. The van der Waals surface area contributed by atoms with E-state index in [4.69, 9.17) is 4.74 Å². The smallest absolute Gasteiger partial charge is 0.331 e. The van der Waals surface area contributed by atoms with Crippen LogP contribution in [-0.4, -0.2) is 28.9 Å². The summed E-state index contributed by atoms with van der Waals surface area (Å²) in [5, 5.41) is 19.3. The molecule has 0 fully saturated rings. The average Bonchev–Trinajstić information content (AvgIpc) is 2.65. The Morgan fingerprint density at radius 3 is 2.27 bits per heavy atom. The van der Waals surface area contributed by atoms with Crippen LogP contribution in [0.3, 0.4) is 0 Å². The summed E-state index contributed by atoms with van der Waals surface area (Å²) in [6.45, 7) is 2.37. The van der Waals surface area contributed by atoms with Gasteiger partial charge < -0.3 is 14.9 Å². The molecule has 1 aromatic rings. The molecular weight excluding hydrogens is 328 g/mol. The van der Waals surface area contributed by atoms with E-state index in [9.17, 15) is 15.0 Å². The molecule has 0 aliphatic heterocycles. The molecule has 0 amide bonds. The summed E-state index contributed by atoms with van der Waals surface area (Å²) in [5.74, 6) is -0.183. The van der Waals surface area contributed by atoms with Gasteiger partial charge in [-0.15, -0.1) is 0 Å². The Labute approximate surface area is 157 Å². The highest BCUT2D eigenvalue weighted by molar-refractivity contribution is 5.86. The van der Waals surface area contributed by atoms with Crippen LogP contribution in [0.15, 0.2) is 42.0 Å². The highest BCUT2D eigenvalue weighted by atomic mass is 16.5. The fourth-order valence-electron chi connectivity index (χ4n) is 2.80. The fourth-order valence-corrected chi connectivity index (χ4v) is 2.80. The highest BCUT2D eigenvalue weighted by Gasteiger charge is 2.09. The molecule has 2 N–H and O–H groups in total. The predicted molar refractivity (Wildman–Crippen MR) is 106 cm³/mol. The van der Waals surface area contributed by atoms with Crippen molar-refractivity contribution in [3.63, 3.8) is 0 Å². The zero-order chi connectivity index (χ0) is 19.0. The van der Waals surface area contributed by atoms with Crippen molar-refractivity contribution in [2.75, 3.05) is 6.61 Å². The van der Waals surface area contributed by atoms with Crippen molar-refractivity contribution in [1.29, 1.82) is 0 Å². The Morgan fingerprint density at radius 2 is 1.65 bits per heavy atom. The minimum atomic E-state index is -0.885. The van der Waals surface area contributed by atoms with Crippen LogP contribution in [-0.2, 0) is 4.79 Å². The first-order chi connectivity index (χ1) is 12.6. The molecule has 1 aromatic carbocycles. The number of aliphatic carboxylic acids is 1. The first kappa shape index (κ1) is 22.2. The van der Waals surface area contributed by atoms with Crippen LogP contribution in [0.1, 0.15) is 71.1 Å². The number of carboxylic acids is 1. The van der Waals surface area contributed by atoms with E-state index < -0.39 is 12.1 Å². The minimum Gasteiger partial charge on any atom is -0.491 e. The molecule has 0 saturated heterocycles. The predicted octanol–water partition coefficient (Wildman–Crippen LogP) is 5.36. The van der Waals surface area contributed by atoms with Crippen LogP contribution in [0.2, 0.25) is 0 Å². The maximum Gasteiger partial charge on any atom is 0.331 e. The van der Waals surface area contributed by atoms with Gasteiger partial charge >= 0.3 is 5.97 Å². The highest BCUT2D eigenvalue weighted by Crippen LogP contribution is 2.15. The largest absolute Gasteiger partial charge is 0.491 e. The number of aliphatic hydroxyl groups excluding tert-OH is 1. The molecule has 1 rings (SSSR count). The lowest BCUT2D eigenvalue weighted by atomic mass is 10.0. The van der Waals surface area contributed by atoms with Gasteiger partial charge in [-0.05, 0) is 31.4 Å². The molecule has 0 aromatic heterocycles. The van der Waals surface area contributed by atoms with Crippen LogP contribution in [0.25, 0.3) is 0 Å². The van der Waals surface area contributed by atoms with Crippen LogP contribution in [0.5, 0.6) is 5.75 Å². The number of rotatable bonds is 15. The molecule has 0 radical (unpaired) electrons. The van der Waals surface area contributed by atoms with Gasteiger partial charge in [0.25, 0.3) is 0 Å². The summed E-state index contributed by atoms with van der Waals surface area (Å²) in [5.41, 5.74) is 0.398. The van der Waals surface area contributed by atoms with Crippen LogP contribution < -0.4 is 4.74 Å². The van der Waals surface area contributed by atoms with E-state index in [0.717, 1.165) is 12.8 Å². The van der Waals surface area contributed by atoms with E-state index in [0.29, 0.717) is 24.2 Å². The Hall–Kier alpha value is -1.81. The summed E-state index contributed by atoms with van der Waals surface area (Å²) in [4.78, 5) is 11.3. The molecule has 0 aliphatic carbocycles. The van der Waals surface area contributed by atoms with E-state index in [-0.39, 0.29) is 6.61 Å². The summed E-state index contributed by atoms with van der Waals surface area (Å²) >= 11 is 0. The van der Waals surface area contributed by atoms with Gasteiger partial charge in [-0.1, -0.05) is 76.1 Å². The lowest BCUT2D eigenvalue weighted by Gasteiger charge is -2.11. The van der Waals surface area contributed by atoms with Crippen molar-refractivity contribution in [3.8, 4) is 5.75 Å². The number of para-hydroxylation sites is 1. The van der Waals surface area contributed by atoms with Crippen LogP contribution in [0.4, 0.5) is 0 Å². The van der Waals surface area contributed by atoms with Crippen LogP contribution >= 0.6 is 0 Å². The second kappa shape index (κ2) is 14.4. The molecule has 26 heavy (non-hydrogen) atoms. The number of aliphatic hydroxyl groups is 1. The molecule has 0 bridgehead atoms. The maximum absolute atomic E-state index is 11.3. The van der Waals surface area contributed by atoms with Crippen molar-refractivity contribution >= 4 is 5.97 Å². The van der Waals surface area contributed by atoms with E-state index in [1.54, 1.807) is 6.08 Å². The molecule has 0 aliphatic rings. The summed E-state index contributed by atoms with van der Waals surface area (Å²) in [6, 6.07) is 9.29. The van der Waals surface area contributed by atoms with E-state index >= 15 is 0 Å². The lowest BCUT2D eigenvalue weighted by Crippen LogP contribution is -2.17. The third-order valence-electron chi connectivity index (χ3n) is 4.40. The number of benzene rings is 1. The lowest BCUT2D eigenvalue weighted by molar-refractivity contribution is -0.132. The number of ether oxygens (including phenoxy) is 1. The first-order valence-corrected chi connectivity index (χ1v) is 9.91. The number of hydrogen-bond acceptors (Lipinski definition) is 3. The Kier molecular flexibility index (Phi) is 12.3. The number of unbranched alkanes of at least 4 members (excludes halogenated alkanes) is 7. The molecule has 4 heteroatoms. The number of hydrogen-bond donors (Lipinski definition) is 2. The SMILES string of the molecule is CCCCCCCCCCC(=CCC(O)COc1ccccc1)C(=O)O. The molecule has 146 valence electrons. The van der Waals surface area contributed by atoms with Crippen molar-refractivity contribution in [3.05, 3.63) is 42.0 Å². The van der Waals surface area contributed by atoms with Crippen molar-refractivity contribution in [2.45, 2.75) is 77.2 Å². The molecule has 0 saturated carbocycles. The molecule has 0 spiro atoms. The first-order valence-electron chi connectivity index (χ1n) is 9.91. The van der Waals surface area contributed by atoms with Gasteiger partial charge in [0.05, 0.1) is 6.10 Å². The maximum atomic E-state index is 11.3. The summed E-state index contributed by atoms with van der Waals surface area (Å²) < 4.78 is 5.49.